The van der Waals surface area contributed by atoms with Crippen LogP contribution in [0.2, 0.25) is 10.0 Å². The predicted molar refractivity (Wildman–Crippen MR) is 152 cm³/mol. The van der Waals surface area contributed by atoms with Gasteiger partial charge in [-0.3, -0.25) is 9.10 Å². The van der Waals surface area contributed by atoms with Crippen molar-refractivity contribution in [3.63, 3.8) is 0 Å². The fraction of sp³-hybridized carbons (Fsp3) is 0.143. The fourth-order valence-corrected chi connectivity index (χ4v) is 5.54. The molecular formula is C28H25Cl2N3O4S. The van der Waals surface area contributed by atoms with Gasteiger partial charge in [-0.05, 0) is 86.5 Å². The van der Waals surface area contributed by atoms with Crippen LogP contribution in [0.25, 0.3) is 11.3 Å². The van der Waals surface area contributed by atoms with Crippen molar-refractivity contribution in [1.82, 2.24) is 5.43 Å². The second kappa shape index (κ2) is 11.4. The first kappa shape index (κ1) is 27.4. The van der Waals surface area contributed by atoms with E-state index in [-0.39, 0.29) is 4.90 Å². The molecule has 196 valence electrons. The third-order valence-corrected chi connectivity index (χ3v) is 8.21. The van der Waals surface area contributed by atoms with Crippen LogP contribution in [0.5, 0.6) is 0 Å². The molecule has 38 heavy (non-hydrogen) atoms. The van der Waals surface area contributed by atoms with Crippen molar-refractivity contribution in [2.75, 3.05) is 10.8 Å². The van der Waals surface area contributed by atoms with E-state index in [1.54, 1.807) is 54.6 Å². The Morgan fingerprint density at radius 1 is 0.947 bits per heavy atom. The number of hydrogen-bond donors (Lipinski definition) is 1. The molecule has 0 fully saturated rings. The number of anilines is 1. The molecule has 0 bridgehead atoms. The Bertz CT molecular complexity index is 1610. The first-order valence-electron chi connectivity index (χ1n) is 11.6. The molecule has 1 N–H and O–H groups in total. The van der Waals surface area contributed by atoms with Crippen LogP contribution >= 0.6 is 23.2 Å². The SMILES string of the molecule is Cc1ccc(S(=O)(=O)N(CC(=O)N/N=C\c2ccc(-c3ccc(Cl)cc3Cl)o2)c2ccc(C)c(C)c2)cc1. The van der Waals surface area contributed by atoms with Crippen molar-refractivity contribution in [2.45, 2.75) is 25.7 Å². The Hall–Kier alpha value is -3.59. The number of halogens is 2. The number of rotatable bonds is 8. The Balaban J connectivity index is 1.52. The lowest BCUT2D eigenvalue weighted by molar-refractivity contribution is -0.119. The van der Waals surface area contributed by atoms with Crippen LogP contribution in [0.1, 0.15) is 22.5 Å². The lowest BCUT2D eigenvalue weighted by Gasteiger charge is -2.24. The van der Waals surface area contributed by atoms with E-state index in [1.807, 2.05) is 26.8 Å². The zero-order valence-electron chi connectivity index (χ0n) is 20.9. The van der Waals surface area contributed by atoms with Gasteiger partial charge in [0.05, 0.1) is 21.8 Å². The van der Waals surface area contributed by atoms with Crippen molar-refractivity contribution in [2.24, 2.45) is 5.10 Å². The minimum Gasteiger partial charge on any atom is -0.455 e. The van der Waals surface area contributed by atoms with Crippen LogP contribution in [0.4, 0.5) is 5.69 Å². The zero-order chi connectivity index (χ0) is 27.4. The molecule has 0 aliphatic rings. The number of hydrogen-bond acceptors (Lipinski definition) is 5. The Morgan fingerprint density at radius 2 is 1.68 bits per heavy atom. The van der Waals surface area contributed by atoms with E-state index in [2.05, 4.69) is 10.5 Å². The Labute approximate surface area is 231 Å². The van der Waals surface area contributed by atoms with Gasteiger partial charge < -0.3 is 4.42 Å². The number of amides is 1. The van der Waals surface area contributed by atoms with E-state index >= 15 is 0 Å². The normalized spacial score (nSPS) is 11.6. The summed E-state index contributed by atoms with van der Waals surface area (Å²) < 4.78 is 33.9. The van der Waals surface area contributed by atoms with Crippen LogP contribution in [-0.4, -0.2) is 27.1 Å². The lowest BCUT2D eigenvalue weighted by atomic mass is 10.1. The van der Waals surface area contributed by atoms with Gasteiger partial charge in [0.2, 0.25) is 0 Å². The highest BCUT2D eigenvalue weighted by Crippen LogP contribution is 2.31. The molecule has 0 aliphatic carbocycles. The zero-order valence-corrected chi connectivity index (χ0v) is 23.2. The second-order valence-corrected chi connectivity index (χ2v) is 11.4. The second-order valence-electron chi connectivity index (χ2n) is 8.71. The number of sulfonamides is 1. The highest BCUT2D eigenvalue weighted by molar-refractivity contribution is 7.92. The average molecular weight is 570 g/mol. The molecule has 0 spiro atoms. The van der Waals surface area contributed by atoms with E-state index in [0.717, 1.165) is 21.0 Å². The average Bonchev–Trinajstić information content (AvgIpc) is 3.33. The highest BCUT2D eigenvalue weighted by atomic mass is 35.5. The maximum Gasteiger partial charge on any atom is 0.264 e. The van der Waals surface area contributed by atoms with Gasteiger partial charge in [-0.1, -0.05) is 47.0 Å². The summed E-state index contributed by atoms with van der Waals surface area (Å²) in [7, 11) is -4.03. The molecule has 10 heteroatoms. The molecule has 4 rings (SSSR count). The van der Waals surface area contributed by atoms with Gasteiger partial charge >= 0.3 is 0 Å². The smallest absolute Gasteiger partial charge is 0.264 e. The number of nitrogens with zero attached hydrogens (tertiary/aromatic N) is 2. The standard InChI is InChI=1S/C28H25Cl2N3O4S/c1-18-4-10-24(11-5-18)38(35,36)33(22-8-6-19(2)20(3)14-22)17-28(34)32-31-16-23-9-13-27(37-23)25-12-7-21(29)15-26(25)30/h4-16H,17H2,1-3H3,(H,32,34)/b31-16-. The first-order chi connectivity index (χ1) is 18.0. The number of nitrogens with one attached hydrogen (secondary N) is 1. The molecule has 1 aromatic heterocycles. The van der Waals surface area contributed by atoms with Crippen molar-refractivity contribution in [3.05, 3.63) is 105 Å². The molecule has 0 atom stereocenters. The predicted octanol–water partition coefficient (Wildman–Crippen LogP) is 6.52. The lowest BCUT2D eigenvalue weighted by Crippen LogP contribution is -2.39. The number of carbonyl (C=O) groups excluding carboxylic acids is 1. The third-order valence-electron chi connectivity index (χ3n) is 5.88. The summed E-state index contributed by atoms with van der Waals surface area (Å²) in [6, 6.07) is 20.1. The number of furan rings is 1. The van der Waals surface area contributed by atoms with E-state index in [9.17, 15) is 13.2 Å². The van der Waals surface area contributed by atoms with Gasteiger partial charge in [0.25, 0.3) is 15.9 Å². The molecule has 0 unspecified atom stereocenters. The molecule has 0 saturated heterocycles. The van der Waals surface area contributed by atoms with Gasteiger partial charge in [0, 0.05) is 10.6 Å². The molecule has 3 aromatic carbocycles. The summed E-state index contributed by atoms with van der Waals surface area (Å²) in [4.78, 5) is 12.9. The summed E-state index contributed by atoms with van der Waals surface area (Å²) in [6.45, 7) is 5.21. The van der Waals surface area contributed by atoms with E-state index < -0.39 is 22.5 Å². The number of benzene rings is 3. The number of hydrazone groups is 1. The largest absolute Gasteiger partial charge is 0.455 e. The molecule has 4 aromatic rings. The first-order valence-corrected chi connectivity index (χ1v) is 13.8. The molecule has 7 nitrogen and oxygen atoms in total. The minimum absolute atomic E-state index is 0.0848. The van der Waals surface area contributed by atoms with Crippen molar-refractivity contribution >= 4 is 51.0 Å². The minimum atomic E-state index is -4.03. The van der Waals surface area contributed by atoms with Crippen LogP contribution in [0.3, 0.4) is 0 Å². The molecule has 1 amide bonds. The maximum absolute atomic E-state index is 13.5. The van der Waals surface area contributed by atoms with Gasteiger partial charge in [-0.25, -0.2) is 13.8 Å². The van der Waals surface area contributed by atoms with E-state index in [0.29, 0.717) is 32.8 Å². The van der Waals surface area contributed by atoms with Crippen LogP contribution in [0.15, 0.2) is 87.2 Å². The molecular weight excluding hydrogens is 545 g/mol. The van der Waals surface area contributed by atoms with Gasteiger partial charge in [-0.15, -0.1) is 0 Å². The van der Waals surface area contributed by atoms with Crippen LogP contribution in [0, 0.1) is 20.8 Å². The maximum atomic E-state index is 13.5. The summed E-state index contributed by atoms with van der Waals surface area (Å²) in [6.07, 6.45) is 1.32. The fourth-order valence-electron chi connectivity index (χ4n) is 3.62. The van der Waals surface area contributed by atoms with E-state index in [4.69, 9.17) is 27.6 Å². The van der Waals surface area contributed by atoms with Gasteiger partial charge in [-0.2, -0.15) is 5.10 Å². The van der Waals surface area contributed by atoms with Crippen LogP contribution in [-0.2, 0) is 14.8 Å². The quantitative estimate of drug-likeness (QED) is 0.193. The Morgan fingerprint density at radius 3 is 2.37 bits per heavy atom. The topological polar surface area (TPSA) is 92.0 Å². The molecule has 1 heterocycles. The summed E-state index contributed by atoms with van der Waals surface area (Å²) in [5.41, 5.74) is 6.25. The van der Waals surface area contributed by atoms with Crippen molar-refractivity contribution in [3.8, 4) is 11.3 Å². The molecule has 0 saturated carbocycles. The molecule has 0 radical (unpaired) electrons. The number of aryl methyl sites for hydroxylation is 3. The summed E-state index contributed by atoms with van der Waals surface area (Å²) >= 11 is 12.2. The number of carbonyl (C=O) groups is 1. The van der Waals surface area contributed by atoms with Crippen LogP contribution < -0.4 is 9.73 Å². The van der Waals surface area contributed by atoms with Gasteiger partial charge in [0.15, 0.2) is 0 Å². The summed E-state index contributed by atoms with van der Waals surface area (Å²) in [5.74, 6) is 0.247. The monoisotopic (exact) mass is 569 g/mol. The third kappa shape index (κ3) is 6.27. The van der Waals surface area contributed by atoms with E-state index in [1.165, 1.54) is 18.3 Å². The van der Waals surface area contributed by atoms with Gasteiger partial charge in [0.1, 0.15) is 18.1 Å². The molecule has 0 aliphatic heterocycles. The Kier molecular flexibility index (Phi) is 8.26. The van der Waals surface area contributed by atoms with Crippen molar-refractivity contribution in [1.29, 1.82) is 0 Å². The highest BCUT2D eigenvalue weighted by Gasteiger charge is 2.27. The van der Waals surface area contributed by atoms with Crippen molar-refractivity contribution < 1.29 is 17.6 Å². The summed E-state index contributed by atoms with van der Waals surface area (Å²) in [5, 5.41) is 4.88.